The topological polar surface area (TPSA) is 96.3 Å². The first-order valence-electron chi connectivity index (χ1n) is 5.67. The van der Waals surface area contributed by atoms with Crippen molar-refractivity contribution >= 4 is 5.82 Å². The van der Waals surface area contributed by atoms with Crippen LogP contribution in [0.15, 0.2) is 6.20 Å². The number of nitrogens with two attached hydrogens (primary N) is 2. The van der Waals surface area contributed by atoms with Crippen LogP contribution in [0.5, 0.6) is 0 Å². The Balaban J connectivity index is 2.33. The highest BCUT2D eigenvalue weighted by molar-refractivity contribution is 5.38. The van der Waals surface area contributed by atoms with Gasteiger partial charge in [0.15, 0.2) is 5.82 Å². The Labute approximate surface area is 100 Å². The van der Waals surface area contributed by atoms with Crippen molar-refractivity contribution in [3.05, 3.63) is 17.6 Å². The van der Waals surface area contributed by atoms with Crippen LogP contribution in [0.3, 0.4) is 0 Å². The van der Waals surface area contributed by atoms with Crippen LogP contribution < -0.4 is 11.5 Å². The molecule has 0 aromatic carbocycles. The number of ether oxygens (including phenoxy) is 2. The van der Waals surface area contributed by atoms with E-state index in [1.165, 1.54) is 0 Å². The van der Waals surface area contributed by atoms with Crippen LogP contribution in [0.4, 0.5) is 5.82 Å². The van der Waals surface area contributed by atoms with Gasteiger partial charge in [0.05, 0.1) is 0 Å². The van der Waals surface area contributed by atoms with Gasteiger partial charge in [-0.05, 0) is 0 Å². The van der Waals surface area contributed by atoms with E-state index in [1.54, 1.807) is 13.3 Å². The highest BCUT2D eigenvalue weighted by Gasteiger charge is 2.37. The summed E-state index contributed by atoms with van der Waals surface area (Å²) in [6, 6.07) is 0. The fourth-order valence-electron chi connectivity index (χ4n) is 2.02. The van der Waals surface area contributed by atoms with Crippen LogP contribution in [0, 0.1) is 0 Å². The quantitative estimate of drug-likeness (QED) is 0.779. The summed E-state index contributed by atoms with van der Waals surface area (Å²) in [5.74, 6) is 1.05. The molecule has 0 radical (unpaired) electrons. The van der Waals surface area contributed by atoms with Crippen LogP contribution in [0.1, 0.15) is 24.2 Å². The van der Waals surface area contributed by atoms with E-state index in [4.69, 9.17) is 20.9 Å². The van der Waals surface area contributed by atoms with Crippen LogP contribution in [0.2, 0.25) is 0 Å². The number of methoxy groups -OCH3 is 1. The molecule has 1 aromatic rings. The largest absolute Gasteiger partial charge is 0.383 e. The van der Waals surface area contributed by atoms with E-state index in [0.717, 1.165) is 18.4 Å². The Hall–Kier alpha value is -1.24. The molecule has 1 fully saturated rings. The Morgan fingerprint density at radius 3 is 2.71 bits per heavy atom. The first kappa shape index (κ1) is 12.2. The summed E-state index contributed by atoms with van der Waals surface area (Å²) >= 11 is 0. The SMILES string of the molecule is COC1(c2ncc(CN)c(N)n2)CCOCC1. The van der Waals surface area contributed by atoms with Crippen molar-refractivity contribution in [2.45, 2.75) is 25.0 Å². The van der Waals surface area contributed by atoms with E-state index >= 15 is 0 Å². The van der Waals surface area contributed by atoms with Gasteiger partial charge in [-0.2, -0.15) is 0 Å². The smallest absolute Gasteiger partial charge is 0.162 e. The predicted octanol–water partition coefficient (Wildman–Crippen LogP) is 0.170. The molecule has 2 rings (SSSR count). The molecular weight excluding hydrogens is 220 g/mol. The summed E-state index contributed by atoms with van der Waals surface area (Å²) in [5.41, 5.74) is 11.7. The molecule has 0 bridgehead atoms. The molecule has 17 heavy (non-hydrogen) atoms. The third kappa shape index (κ3) is 2.24. The average molecular weight is 238 g/mol. The van der Waals surface area contributed by atoms with Crippen molar-refractivity contribution in [1.82, 2.24) is 9.97 Å². The number of hydrogen-bond acceptors (Lipinski definition) is 6. The fourth-order valence-corrected chi connectivity index (χ4v) is 2.02. The summed E-state index contributed by atoms with van der Waals surface area (Å²) in [6.45, 7) is 1.64. The third-order valence-electron chi connectivity index (χ3n) is 3.22. The van der Waals surface area contributed by atoms with E-state index in [-0.39, 0.29) is 0 Å². The minimum atomic E-state index is -0.473. The molecule has 0 saturated carbocycles. The molecule has 94 valence electrons. The standard InChI is InChI=1S/C11H18N4O2/c1-16-11(2-4-17-5-3-11)10-14-7-8(6-12)9(13)15-10/h7H,2-6,12H2,1H3,(H2,13,14,15). The number of aromatic nitrogens is 2. The van der Waals surface area contributed by atoms with Crippen molar-refractivity contribution in [3.63, 3.8) is 0 Å². The van der Waals surface area contributed by atoms with Crippen molar-refractivity contribution in [2.75, 3.05) is 26.1 Å². The van der Waals surface area contributed by atoms with Crippen molar-refractivity contribution in [1.29, 1.82) is 0 Å². The maximum atomic E-state index is 5.83. The molecule has 2 heterocycles. The summed E-state index contributed by atoms with van der Waals surface area (Å²) < 4.78 is 10.9. The van der Waals surface area contributed by atoms with Gasteiger partial charge in [-0.25, -0.2) is 9.97 Å². The molecule has 1 aliphatic heterocycles. The lowest BCUT2D eigenvalue weighted by Gasteiger charge is -2.34. The lowest BCUT2D eigenvalue weighted by Crippen LogP contribution is -2.37. The first-order valence-corrected chi connectivity index (χ1v) is 5.67. The lowest BCUT2D eigenvalue weighted by atomic mass is 9.93. The molecule has 0 aliphatic carbocycles. The van der Waals surface area contributed by atoms with Gasteiger partial charge in [-0.3, -0.25) is 0 Å². The summed E-state index contributed by atoms with van der Waals surface area (Å²) in [5, 5.41) is 0. The minimum Gasteiger partial charge on any atom is -0.383 e. The molecule has 4 N–H and O–H groups in total. The van der Waals surface area contributed by atoms with Crippen molar-refractivity contribution in [3.8, 4) is 0 Å². The van der Waals surface area contributed by atoms with Crippen molar-refractivity contribution in [2.24, 2.45) is 5.73 Å². The zero-order chi connectivity index (χ0) is 12.3. The summed E-state index contributed by atoms with van der Waals surface area (Å²) in [7, 11) is 1.67. The zero-order valence-electron chi connectivity index (χ0n) is 9.98. The Morgan fingerprint density at radius 1 is 1.47 bits per heavy atom. The normalized spacial score (nSPS) is 19.2. The molecule has 1 aromatic heterocycles. The van der Waals surface area contributed by atoms with Crippen LogP contribution in [0.25, 0.3) is 0 Å². The van der Waals surface area contributed by atoms with E-state index in [9.17, 15) is 0 Å². The number of hydrogen-bond donors (Lipinski definition) is 2. The lowest BCUT2D eigenvalue weighted by molar-refractivity contribution is -0.0999. The Morgan fingerprint density at radius 2 is 2.18 bits per heavy atom. The highest BCUT2D eigenvalue weighted by Crippen LogP contribution is 2.33. The Kier molecular flexibility index (Phi) is 3.56. The molecular formula is C11H18N4O2. The number of nitrogen functional groups attached to an aromatic ring is 1. The summed E-state index contributed by atoms with van der Waals surface area (Å²) in [4.78, 5) is 8.64. The Bertz CT molecular complexity index is 391. The van der Waals surface area contributed by atoms with Gasteiger partial charge in [-0.1, -0.05) is 0 Å². The van der Waals surface area contributed by atoms with Gasteiger partial charge in [0.2, 0.25) is 0 Å². The van der Waals surface area contributed by atoms with E-state index in [1.807, 2.05) is 0 Å². The van der Waals surface area contributed by atoms with Gasteiger partial charge in [0.1, 0.15) is 11.4 Å². The van der Waals surface area contributed by atoms with E-state index < -0.39 is 5.60 Å². The van der Waals surface area contributed by atoms with Gasteiger partial charge in [-0.15, -0.1) is 0 Å². The van der Waals surface area contributed by atoms with Gasteiger partial charge < -0.3 is 20.9 Å². The molecule has 0 unspecified atom stereocenters. The average Bonchev–Trinajstić information content (AvgIpc) is 2.39. The third-order valence-corrected chi connectivity index (χ3v) is 3.22. The summed E-state index contributed by atoms with van der Waals surface area (Å²) in [6.07, 6.45) is 3.16. The monoisotopic (exact) mass is 238 g/mol. The minimum absolute atomic E-state index is 0.342. The van der Waals surface area contributed by atoms with Gasteiger partial charge in [0.25, 0.3) is 0 Å². The van der Waals surface area contributed by atoms with E-state index in [0.29, 0.717) is 31.4 Å². The van der Waals surface area contributed by atoms with Crippen molar-refractivity contribution < 1.29 is 9.47 Å². The molecule has 1 aliphatic rings. The van der Waals surface area contributed by atoms with E-state index in [2.05, 4.69) is 9.97 Å². The van der Waals surface area contributed by atoms with Crippen LogP contribution in [-0.4, -0.2) is 30.3 Å². The highest BCUT2D eigenvalue weighted by atomic mass is 16.5. The fraction of sp³-hybridized carbons (Fsp3) is 0.636. The maximum absolute atomic E-state index is 5.83. The molecule has 0 spiro atoms. The predicted molar refractivity (Wildman–Crippen MR) is 63.1 cm³/mol. The van der Waals surface area contributed by atoms with Crippen LogP contribution >= 0.6 is 0 Å². The van der Waals surface area contributed by atoms with Crippen LogP contribution in [-0.2, 0) is 21.6 Å². The number of nitrogens with zero attached hydrogens (tertiary/aromatic N) is 2. The maximum Gasteiger partial charge on any atom is 0.162 e. The second-order valence-electron chi connectivity index (χ2n) is 4.12. The second kappa shape index (κ2) is 4.95. The number of rotatable bonds is 3. The molecule has 6 nitrogen and oxygen atoms in total. The molecule has 6 heteroatoms. The molecule has 0 atom stereocenters. The zero-order valence-corrected chi connectivity index (χ0v) is 9.98. The second-order valence-corrected chi connectivity index (χ2v) is 4.12. The van der Waals surface area contributed by atoms with Gasteiger partial charge in [0, 0.05) is 51.5 Å². The first-order chi connectivity index (χ1) is 8.22. The number of anilines is 1. The molecule has 0 amide bonds. The van der Waals surface area contributed by atoms with Gasteiger partial charge >= 0.3 is 0 Å². The molecule has 1 saturated heterocycles.